The third-order valence-corrected chi connectivity index (χ3v) is 4.51. The molecule has 1 N–H and O–H groups in total. The van der Waals surface area contributed by atoms with Crippen LogP contribution in [-0.2, 0) is 0 Å². The smallest absolute Gasteiger partial charge is 0.345 e. The predicted molar refractivity (Wildman–Crippen MR) is 97.9 cm³/mol. The van der Waals surface area contributed by atoms with Crippen molar-refractivity contribution < 1.29 is 13.6 Å². The number of fused-ring (bicyclic) bond motifs is 1. The molecule has 5 nitrogen and oxygen atoms in total. The Balaban J connectivity index is 1.62. The standard InChI is InChI=1S/C19H11FN2O3S/c20-13-7-5-11(6-8-13)17(23)22-19-21-15(10-26-19)14-9-12-3-1-2-4-16(12)25-18(14)24/h1-10H,(H,21,22,23). The maximum absolute atomic E-state index is 12.9. The summed E-state index contributed by atoms with van der Waals surface area (Å²) in [6.07, 6.45) is 0. The van der Waals surface area contributed by atoms with E-state index in [9.17, 15) is 14.0 Å². The highest BCUT2D eigenvalue weighted by molar-refractivity contribution is 7.14. The first-order valence-corrected chi connectivity index (χ1v) is 8.54. The minimum Gasteiger partial charge on any atom is -0.422 e. The number of para-hydroxylation sites is 1. The fourth-order valence-corrected chi connectivity index (χ4v) is 3.17. The molecule has 26 heavy (non-hydrogen) atoms. The maximum Gasteiger partial charge on any atom is 0.345 e. The third kappa shape index (κ3) is 3.12. The first-order valence-electron chi connectivity index (χ1n) is 7.66. The molecule has 0 aliphatic rings. The average Bonchev–Trinajstić information content (AvgIpc) is 3.10. The Morgan fingerprint density at radius 1 is 1.12 bits per heavy atom. The van der Waals surface area contributed by atoms with Gasteiger partial charge in [0.05, 0.1) is 11.3 Å². The summed E-state index contributed by atoms with van der Waals surface area (Å²) in [5, 5.41) is 5.43. The van der Waals surface area contributed by atoms with Gasteiger partial charge in [0.25, 0.3) is 5.91 Å². The molecule has 0 saturated carbocycles. The monoisotopic (exact) mass is 366 g/mol. The highest BCUT2D eigenvalue weighted by Crippen LogP contribution is 2.25. The van der Waals surface area contributed by atoms with Gasteiger partial charge in [-0.1, -0.05) is 18.2 Å². The molecule has 1 amide bonds. The fourth-order valence-electron chi connectivity index (χ4n) is 2.47. The molecular weight excluding hydrogens is 355 g/mol. The number of nitrogens with zero attached hydrogens (tertiary/aromatic N) is 1. The lowest BCUT2D eigenvalue weighted by Crippen LogP contribution is -2.11. The number of hydrogen-bond donors (Lipinski definition) is 1. The van der Waals surface area contributed by atoms with Gasteiger partial charge in [0, 0.05) is 16.3 Å². The van der Waals surface area contributed by atoms with Crippen LogP contribution >= 0.6 is 11.3 Å². The van der Waals surface area contributed by atoms with Gasteiger partial charge in [-0.3, -0.25) is 10.1 Å². The van der Waals surface area contributed by atoms with E-state index < -0.39 is 17.3 Å². The Morgan fingerprint density at radius 3 is 2.69 bits per heavy atom. The Labute approximate surface area is 150 Å². The van der Waals surface area contributed by atoms with Crippen molar-refractivity contribution in [3.05, 3.63) is 81.8 Å². The molecule has 0 aliphatic heterocycles. The van der Waals surface area contributed by atoms with Crippen LogP contribution < -0.4 is 10.9 Å². The van der Waals surface area contributed by atoms with Crippen molar-refractivity contribution in [2.75, 3.05) is 5.32 Å². The molecule has 128 valence electrons. The van der Waals surface area contributed by atoms with Crippen molar-refractivity contribution in [3.8, 4) is 11.3 Å². The number of thiazole rings is 1. The summed E-state index contributed by atoms with van der Waals surface area (Å²) in [5.41, 5.74) is 1.06. The van der Waals surface area contributed by atoms with Crippen LogP contribution in [-0.4, -0.2) is 10.9 Å². The first-order chi connectivity index (χ1) is 12.6. The number of rotatable bonds is 3. The van der Waals surface area contributed by atoms with Gasteiger partial charge in [0.15, 0.2) is 5.13 Å². The van der Waals surface area contributed by atoms with Gasteiger partial charge < -0.3 is 4.42 Å². The topological polar surface area (TPSA) is 72.2 Å². The Hall–Kier alpha value is -3.32. The van der Waals surface area contributed by atoms with Crippen LogP contribution in [0, 0.1) is 5.82 Å². The molecule has 0 radical (unpaired) electrons. The zero-order valence-electron chi connectivity index (χ0n) is 13.2. The highest BCUT2D eigenvalue weighted by atomic mass is 32.1. The molecule has 2 aromatic carbocycles. The fraction of sp³-hybridized carbons (Fsp3) is 0. The van der Waals surface area contributed by atoms with Crippen molar-refractivity contribution in [2.45, 2.75) is 0 Å². The largest absolute Gasteiger partial charge is 0.422 e. The lowest BCUT2D eigenvalue weighted by atomic mass is 10.1. The van der Waals surface area contributed by atoms with Crippen molar-refractivity contribution in [1.82, 2.24) is 4.98 Å². The van der Waals surface area contributed by atoms with E-state index >= 15 is 0 Å². The molecular formula is C19H11FN2O3S. The minimum absolute atomic E-state index is 0.313. The van der Waals surface area contributed by atoms with Gasteiger partial charge >= 0.3 is 5.63 Å². The molecule has 0 aliphatic carbocycles. The molecule has 0 bridgehead atoms. The van der Waals surface area contributed by atoms with Gasteiger partial charge in [0.2, 0.25) is 0 Å². The molecule has 0 unspecified atom stereocenters. The summed E-state index contributed by atoms with van der Waals surface area (Å²) in [7, 11) is 0. The van der Waals surface area contributed by atoms with E-state index in [2.05, 4.69) is 10.3 Å². The number of carbonyl (C=O) groups excluding carboxylic acids is 1. The van der Waals surface area contributed by atoms with E-state index in [1.54, 1.807) is 23.6 Å². The molecule has 0 fully saturated rings. The number of anilines is 1. The quantitative estimate of drug-likeness (QED) is 0.549. The number of amides is 1. The summed E-state index contributed by atoms with van der Waals surface area (Å²) in [5.74, 6) is -0.822. The number of carbonyl (C=O) groups is 1. The van der Waals surface area contributed by atoms with Crippen LogP contribution in [0.4, 0.5) is 9.52 Å². The number of aromatic nitrogens is 1. The second kappa shape index (κ2) is 6.53. The first kappa shape index (κ1) is 16.2. The van der Waals surface area contributed by atoms with Crippen molar-refractivity contribution in [3.63, 3.8) is 0 Å². The second-order valence-electron chi connectivity index (χ2n) is 5.48. The average molecular weight is 366 g/mol. The Morgan fingerprint density at radius 2 is 1.88 bits per heavy atom. The van der Waals surface area contributed by atoms with Crippen LogP contribution in [0.2, 0.25) is 0 Å². The molecule has 0 atom stereocenters. The van der Waals surface area contributed by atoms with E-state index in [0.29, 0.717) is 27.5 Å². The molecule has 4 aromatic rings. The normalized spacial score (nSPS) is 10.8. The SMILES string of the molecule is O=C(Nc1nc(-c2cc3ccccc3oc2=O)cs1)c1ccc(F)cc1. The van der Waals surface area contributed by atoms with Crippen LogP contribution in [0.15, 0.2) is 69.2 Å². The Kier molecular flexibility index (Phi) is 4.06. The Bertz CT molecular complexity index is 1170. The van der Waals surface area contributed by atoms with Gasteiger partial charge in [-0.25, -0.2) is 14.2 Å². The summed E-state index contributed by atoms with van der Waals surface area (Å²) in [4.78, 5) is 28.6. The van der Waals surface area contributed by atoms with E-state index in [-0.39, 0.29) is 0 Å². The van der Waals surface area contributed by atoms with Gasteiger partial charge in [-0.15, -0.1) is 11.3 Å². The highest BCUT2D eigenvalue weighted by Gasteiger charge is 2.13. The summed E-state index contributed by atoms with van der Waals surface area (Å²) < 4.78 is 18.2. The van der Waals surface area contributed by atoms with Gasteiger partial charge in [0.1, 0.15) is 11.4 Å². The molecule has 4 rings (SSSR count). The zero-order chi connectivity index (χ0) is 18.1. The van der Waals surface area contributed by atoms with Crippen LogP contribution in [0.3, 0.4) is 0 Å². The number of hydrogen-bond acceptors (Lipinski definition) is 5. The van der Waals surface area contributed by atoms with Crippen molar-refractivity contribution in [2.24, 2.45) is 0 Å². The van der Waals surface area contributed by atoms with Gasteiger partial charge in [-0.2, -0.15) is 0 Å². The molecule has 2 heterocycles. The zero-order valence-corrected chi connectivity index (χ0v) is 14.0. The van der Waals surface area contributed by atoms with Crippen LogP contribution in [0.25, 0.3) is 22.2 Å². The van der Waals surface area contributed by atoms with E-state index in [1.807, 2.05) is 12.1 Å². The molecule has 7 heteroatoms. The number of benzene rings is 2. The number of halogens is 1. The third-order valence-electron chi connectivity index (χ3n) is 3.75. The van der Waals surface area contributed by atoms with Crippen LogP contribution in [0.5, 0.6) is 0 Å². The summed E-state index contributed by atoms with van der Waals surface area (Å²) in [6.45, 7) is 0. The van der Waals surface area contributed by atoms with E-state index in [1.165, 1.54) is 35.6 Å². The molecule has 0 spiro atoms. The van der Waals surface area contributed by atoms with Crippen molar-refractivity contribution >= 4 is 33.3 Å². The second-order valence-corrected chi connectivity index (χ2v) is 6.34. The van der Waals surface area contributed by atoms with E-state index in [4.69, 9.17) is 4.42 Å². The van der Waals surface area contributed by atoms with E-state index in [0.717, 1.165) is 5.39 Å². The lowest BCUT2D eigenvalue weighted by Gasteiger charge is -2.01. The molecule has 0 saturated heterocycles. The van der Waals surface area contributed by atoms with Gasteiger partial charge in [-0.05, 0) is 36.4 Å². The van der Waals surface area contributed by atoms with Crippen LogP contribution in [0.1, 0.15) is 10.4 Å². The van der Waals surface area contributed by atoms with Crippen molar-refractivity contribution in [1.29, 1.82) is 0 Å². The lowest BCUT2D eigenvalue weighted by molar-refractivity contribution is 0.102. The number of nitrogens with one attached hydrogen (secondary N) is 1. The maximum atomic E-state index is 12.9. The minimum atomic E-state index is -0.495. The predicted octanol–water partition coefficient (Wildman–Crippen LogP) is 4.31. The summed E-state index contributed by atoms with van der Waals surface area (Å²) in [6, 6.07) is 14.1. The molecule has 2 aromatic heterocycles. The summed E-state index contributed by atoms with van der Waals surface area (Å²) >= 11 is 1.19.